The van der Waals surface area contributed by atoms with Crippen molar-refractivity contribution in [1.82, 2.24) is 0 Å². The molecule has 0 saturated heterocycles. The molecule has 1 aliphatic carbocycles. The lowest BCUT2D eigenvalue weighted by Crippen LogP contribution is -2.25. The van der Waals surface area contributed by atoms with Gasteiger partial charge in [-0.15, -0.1) is 0 Å². The second kappa shape index (κ2) is 5.41. The fourth-order valence-corrected chi connectivity index (χ4v) is 2.24. The molecule has 3 heteroatoms. The zero-order chi connectivity index (χ0) is 12.3. The van der Waals surface area contributed by atoms with Crippen molar-refractivity contribution in [2.24, 2.45) is 0 Å². The monoisotopic (exact) mass is 236 g/mol. The second-order valence-electron chi connectivity index (χ2n) is 4.49. The van der Waals surface area contributed by atoms with Crippen LogP contribution >= 0.6 is 0 Å². The Balaban J connectivity index is 2.14. The smallest absolute Gasteiger partial charge is 0.161 e. The van der Waals surface area contributed by atoms with Crippen molar-refractivity contribution in [3.05, 3.63) is 23.8 Å². The van der Waals surface area contributed by atoms with Gasteiger partial charge in [-0.3, -0.25) is 0 Å². The van der Waals surface area contributed by atoms with Gasteiger partial charge in [0.05, 0.1) is 13.2 Å². The molecule has 0 bridgehead atoms. The van der Waals surface area contributed by atoms with Crippen LogP contribution in [0.4, 0.5) is 0 Å². The number of aliphatic hydroxyl groups excluding tert-OH is 1. The van der Waals surface area contributed by atoms with Gasteiger partial charge in [-0.05, 0) is 43.4 Å². The molecule has 1 aromatic carbocycles. The van der Waals surface area contributed by atoms with Gasteiger partial charge in [0.25, 0.3) is 0 Å². The van der Waals surface area contributed by atoms with E-state index < -0.39 is 0 Å². The van der Waals surface area contributed by atoms with Gasteiger partial charge in [0, 0.05) is 0 Å². The summed E-state index contributed by atoms with van der Waals surface area (Å²) in [6, 6.07) is 5.97. The summed E-state index contributed by atoms with van der Waals surface area (Å²) >= 11 is 0. The third-order valence-corrected chi connectivity index (χ3v) is 3.33. The molecule has 0 unspecified atom stereocenters. The average molecular weight is 236 g/mol. The number of aliphatic hydroxyl groups is 1. The first kappa shape index (κ1) is 12.2. The Morgan fingerprint density at radius 2 is 2.12 bits per heavy atom. The summed E-state index contributed by atoms with van der Waals surface area (Å²) in [6.45, 7) is 2.11. The molecule has 3 nitrogen and oxygen atoms in total. The molecule has 0 amide bonds. The molecule has 0 aromatic heterocycles. The van der Waals surface area contributed by atoms with Gasteiger partial charge in [0.2, 0.25) is 0 Å². The first-order valence-electron chi connectivity index (χ1n) is 6.26. The summed E-state index contributed by atoms with van der Waals surface area (Å²) in [5.41, 5.74) is 1.22. The maximum atomic E-state index is 9.75. The van der Waals surface area contributed by atoms with Crippen molar-refractivity contribution < 1.29 is 14.6 Å². The SMILES string of the molecule is CCc1ccc(O[C@H]2CCC[C@@H]2O)c(OC)c1. The normalized spacial score (nSPS) is 23.7. The minimum atomic E-state index is -0.342. The van der Waals surface area contributed by atoms with Gasteiger partial charge in [-0.2, -0.15) is 0 Å². The number of aryl methyl sites for hydroxylation is 1. The summed E-state index contributed by atoms with van der Waals surface area (Å²) in [4.78, 5) is 0. The van der Waals surface area contributed by atoms with Crippen molar-refractivity contribution >= 4 is 0 Å². The average Bonchev–Trinajstić information content (AvgIpc) is 2.75. The number of hydrogen-bond donors (Lipinski definition) is 1. The first-order valence-corrected chi connectivity index (χ1v) is 6.26. The van der Waals surface area contributed by atoms with E-state index in [0.29, 0.717) is 0 Å². The Kier molecular flexibility index (Phi) is 3.89. The molecule has 2 atom stereocenters. The minimum absolute atomic E-state index is 0.0867. The van der Waals surface area contributed by atoms with Crippen molar-refractivity contribution in [1.29, 1.82) is 0 Å². The van der Waals surface area contributed by atoms with Gasteiger partial charge < -0.3 is 14.6 Å². The molecule has 0 spiro atoms. The zero-order valence-electron chi connectivity index (χ0n) is 10.5. The van der Waals surface area contributed by atoms with E-state index in [-0.39, 0.29) is 12.2 Å². The fraction of sp³-hybridized carbons (Fsp3) is 0.571. The molecule has 1 N–H and O–H groups in total. The molecule has 0 radical (unpaired) electrons. The van der Waals surface area contributed by atoms with E-state index in [1.807, 2.05) is 18.2 Å². The lowest BCUT2D eigenvalue weighted by atomic mass is 10.1. The third-order valence-electron chi connectivity index (χ3n) is 3.33. The molecule has 0 aliphatic heterocycles. The van der Waals surface area contributed by atoms with E-state index in [1.54, 1.807) is 7.11 Å². The molecule has 94 valence electrons. The predicted molar refractivity (Wildman–Crippen MR) is 66.6 cm³/mol. The topological polar surface area (TPSA) is 38.7 Å². The highest BCUT2D eigenvalue weighted by Crippen LogP contribution is 2.32. The van der Waals surface area contributed by atoms with Crippen LogP contribution < -0.4 is 9.47 Å². The Bertz CT molecular complexity index is 376. The molecule has 1 aliphatic rings. The van der Waals surface area contributed by atoms with Crippen molar-refractivity contribution in [2.45, 2.75) is 44.8 Å². The number of rotatable bonds is 4. The van der Waals surface area contributed by atoms with Gasteiger partial charge in [0.1, 0.15) is 6.10 Å². The van der Waals surface area contributed by atoms with Crippen LogP contribution in [0.1, 0.15) is 31.7 Å². The maximum absolute atomic E-state index is 9.75. The highest BCUT2D eigenvalue weighted by atomic mass is 16.5. The van der Waals surface area contributed by atoms with Crippen LogP contribution in [0.5, 0.6) is 11.5 Å². The maximum Gasteiger partial charge on any atom is 0.161 e. The second-order valence-corrected chi connectivity index (χ2v) is 4.49. The lowest BCUT2D eigenvalue weighted by Gasteiger charge is -2.19. The van der Waals surface area contributed by atoms with Crippen molar-refractivity contribution in [3.63, 3.8) is 0 Å². The molecular formula is C14H20O3. The van der Waals surface area contributed by atoms with Crippen LogP contribution in [0.2, 0.25) is 0 Å². The van der Waals surface area contributed by atoms with Crippen molar-refractivity contribution in [3.8, 4) is 11.5 Å². The largest absolute Gasteiger partial charge is 0.493 e. The van der Waals surface area contributed by atoms with Crippen LogP contribution in [-0.2, 0) is 6.42 Å². The predicted octanol–water partition coefficient (Wildman–Crippen LogP) is 2.55. The minimum Gasteiger partial charge on any atom is -0.493 e. The number of ether oxygens (including phenoxy) is 2. The zero-order valence-corrected chi connectivity index (χ0v) is 10.5. The molecule has 0 heterocycles. The summed E-state index contributed by atoms with van der Waals surface area (Å²) in [7, 11) is 1.65. The van der Waals surface area contributed by atoms with Gasteiger partial charge in [-0.25, -0.2) is 0 Å². The van der Waals surface area contributed by atoms with Crippen LogP contribution in [0, 0.1) is 0 Å². The molecule has 2 rings (SSSR count). The first-order chi connectivity index (χ1) is 8.24. The van der Waals surface area contributed by atoms with E-state index in [1.165, 1.54) is 5.56 Å². The number of methoxy groups -OCH3 is 1. The summed E-state index contributed by atoms with van der Waals surface area (Å²) in [5, 5.41) is 9.75. The summed E-state index contributed by atoms with van der Waals surface area (Å²) in [6.07, 6.45) is 3.32. The van der Waals surface area contributed by atoms with Gasteiger partial charge in [-0.1, -0.05) is 13.0 Å². The number of hydrogen-bond acceptors (Lipinski definition) is 3. The highest BCUT2D eigenvalue weighted by Gasteiger charge is 2.27. The van der Waals surface area contributed by atoms with Crippen LogP contribution in [-0.4, -0.2) is 24.4 Å². The molecule has 1 fully saturated rings. The number of benzene rings is 1. The van der Waals surface area contributed by atoms with Crippen molar-refractivity contribution in [2.75, 3.05) is 7.11 Å². The van der Waals surface area contributed by atoms with E-state index in [2.05, 4.69) is 6.92 Å². The Hall–Kier alpha value is -1.22. The molecule has 17 heavy (non-hydrogen) atoms. The highest BCUT2D eigenvalue weighted by molar-refractivity contribution is 5.43. The van der Waals surface area contributed by atoms with Crippen LogP contribution in [0.3, 0.4) is 0 Å². The van der Waals surface area contributed by atoms with E-state index in [9.17, 15) is 5.11 Å². The summed E-state index contributed by atoms with van der Waals surface area (Å²) in [5.74, 6) is 1.49. The third kappa shape index (κ3) is 2.72. The fourth-order valence-electron chi connectivity index (χ4n) is 2.24. The van der Waals surface area contributed by atoms with E-state index in [0.717, 1.165) is 37.2 Å². The van der Waals surface area contributed by atoms with E-state index in [4.69, 9.17) is 9.47 Å². The van der Waals surface area contributed by atoms with Crippen LogP contribution in [0.15, 0.2) is 18.2 Å². The Labute approximate surface area is 102 Å². The lowest BCUT2D eigenvalue weighted by molar-refractivity contribution is 0.0586. The molecule has 1 aromatic rings. The Morgan fingerprint density at radius 3 is 2.71 bits per heavy atom. The van der Waals surface area contributed by atoms with Gasteiger partial charge in [0.15, 0.2) is 11.5 Å². The molecular weight excluding hydrogens is 216 g/mol. The van der Waals surface area contributed by atoms with Crippen LogP contribution in [0.25, 0.3) is 0 Å². The quantitative estimate of drug-likeness (QED) is 0.873. The summed E-state index contributed by atoms with van der Waals surface area (Å²) < 4.78 is 11.2. The van der Waals surface area contributed by atoms with Gasteiger partial charge >= 0.3 is 0 Å². The van der Waals surface area contributed by atoms with E-state index >= 15 is 0 Å². The Morgan fingerprint density at radius 1 is 1.29 bits per heavy atom. The standard InChI is InChI=1S/C14H20O3/c1-3-10-7-8-13(14(9-10)16-2)17-12-6-4-5-11(12)15/h7-9,11-12,15H,3-6H2,1-2H3/t11-,12-/m0/s1. The molecule has 1 saturated carbocycles.